The van der Waals surface area contributed by atoms with Crippen molar-refractivity contribution in [1.82, 2.24) is 0 Å². The molecule has 2 bridgehead atoms. The Morgan fingerprint density at radius 2 is 1.62 bits per heavy atom. The molecule has 3 heteroatoms. The highest BCUT2D eigenvalue weighted by Gasteiger charge is 2.51. The Morgan fingerprint density at radius 1 is 1.04 bits per heavy atom. The summed E-state index contributed by atoms with van der Waals surface area (Å²) in [6.45, 7) is 0. The van der Waals surface area contributed by atoms with Crippen molar-refractivity contribution in [3.8, 4) is 0 Å². The zero-order chi connectivity index (χ0) is 16.8. The Morgan fingerprint density at radius 3 is 2.21 bits per heavy atom. The molecule has 24 heavy (non-hydrogen) atoms. The van der Waals surface area contributed by atoms with Crippen LogP contribution in [0.4, 0.5) is 0 Å². The third-order valence-electron chi connectivity index (χ3n) is 7.23. The van der Waals surface area contributed by atoms with Gasteiger partial charge in [0.15, 0.2) is 0 Å². The van der Waals surface area contributed by atoms with Crippen LogP contribution < -0.4 is 0 Å². The molecule has 3 aliphatic rings. The van der Waals surface area contributed by atoms with E-state index < -0.39 is 0 Å². The van der Waals surface area contributed by atoms with Gasteiger partial charge in [-0.25, -0.2) is 0 Å². The van der Waals surface area contributed by atoms with Gasteiger partial charge in [-0.2, -0.15) is 0 Å². The summed E-state index contributed by atoms with van der Waals surface area (Å²) in [6, 6.07) is 11.7. The van der Waals surface area contributed by atoms with Gasteiger partial charge in [-0.3, -0.25) is 4.79 Å². The van der Waals surface area contributed by atoms with Gasteiger partial charge in [-0.1, -0.05) is 43.2 Å². The van der Waals surface area contributed by atoms with Crippen LogP contribution in [-0.2, 0) is 14.9 Å². The van der Waals surface area contributed by atoms with E-state index in [2.05, 4.69) is 26.2 Å². The number of hydrogen-bond donors (Lipinski definition) is 0. The Bertz CT molecular complexity index is 588. The van der Waals surface area contributed by atoms with E-state index in [1.54, 1.807) is 0 Å². The lowest BCUT2D eigenvalue weighted by atomic mass is 9.79. The van der Waals surface area contributed by atoms with E-state index in [-0.39, 0.29) is 17.5 Å². The topological polar surface area (TPSA) is 26.3 Å². The van der Waals surface area contributed by atoms with Crippen LogP contribution in [0.25, 0.3) is 0 Å². The number of fused-ring (bicyclic) bond motifs is 2. The number of carbonyl (C=O) groups excluding carboxylic acids is 1. The summed E-state index contributed by atoms with van der Waals surface area (Å²) >= 11 is 0. The molecule has 1 unspecified atom stereocenters. The van der Waals surface area contributed by atoms with E-state index in [0.717, 1.165) is 48.6 Å². The minimum atomic E-state index is -0.387. The van der Waals surface area contributed by atoms with Crippen LogP contribution in [0.15, 0.2) is 30.3 Å². The molecule has 3 nitrogen and oxygen atoms in total. The van der Waals surface area contributed by atoms with E-state index in [4.69, 9.17) is 4.74 Å². The highest BCUT2D eigenvalue weighted by atomic mass is 16.5. The summed E-state index contributed by atoms with van der Waals surface area (Å²) in [5.74, 6) is 0.0443. The van der Waals surface area contributed by atoms with E-state index in [1.807, 2.05) is 18.2 Å². The molecule has 1 aromatic rings. The molecule has 2 heterocycles. The first-order valence-electron chi connectivity index (χ1n) is 9.62. The van der Waals surface area contributed by atoms with Gasteiger partial charge in [-0.05, 0) is 18.4 Å². The molecule has 0 amide bonds. The number of esters is 1. The fourth-order valence-corrected chi connectivity index (χ4v) is 5.54. The van der Waals surface area contributed by atoms with Crippen molar-refractivity contribution in [1.29, 1.82) is 0 Å². The van der Waals surface area contributed by atoms with Gasteiger partial charge in [0.05, 0.1) is 31.6 Å². The summed E-state index contributed by atoms with van der Waals surface area (Å²) < 4.78 is 7.28. The summed E-state index contributed by atoms with van der Waals surface area (Å²) in [6.07, 6.45) is 8.93. The third-order valence-corrected chi connectivity index (χ3v) is 7.23. The molecular formula is C21H30NO2+. The molecular weight excluding hydrogens is 298 g/mol. The standard InChI is InChI=1S/C21H30NO2/c1-22(2)17-10-11-18(22)15-19(14-17)24-20(23)21(12-6-7-13-21)16-8-4-3-5-9-16/h3-5,8-9,17-19H,6-7,10-15H2,1-2H3/q+1/t17-,18+,19?. The predicted molar refractivity (Wildman–Crippen MR) is 94.6 cm³/mol. The number of ether oxygens (including phenoxy) is 1. The quantitative estimate of drug-likeness (QED) is 0.623. The minimum absolute atomic E-state index is 0.0443. The van der Waals surface area contributed by atoms with E-state index in [1.165, 1.54) is 12.8 Å². The monoisotopic (exact) mass is 328 g/mol. The lowest BCUT2D eigenvalue weighted by Crippen LogP contribution is -2.56. The maximum absolute atomic E-state index is 13.2. The highest BCUT2D eigenvalue weighted by Crippen LogP contribution is 2.45. The van der Waals surface area contributed by atoms with Gasteiger partial charge in [0.2, 0.25) is 0 Å². The Hall–Kier alpha value is -1.35. The van der Waals surface area contributed by atoms with Crippen LogP contribution in [0.1, 0.15) is 56.9 Å². The second kappa shape index (κ2) is 5.87. The first kappa shape index (κ1) is 16.1. The molecule has 1 saturated carbocycles. The molecule has 2 saturated heterocycles. The van der Waals surface area contributed by atoms with E-state index in [9.17, 15) is 4.79 Å². The van der Waals surface area contributed by atoms with Crippen molar-refractivity contribution in [3.05, 3.63) is 35.9 Å². The maximum Gasteiger partial charge on any atom is 0.316 e. The Balaban J connectivity index is 1.51. The van der Waals surface area contributed by atoms with Crippen molar-refractivity contribution in [3.63, 3.8) is 0 Å². The van der Waals surface area contributed by atoms with Gasteiger partial charge >= 0.3 is 5.97 Å². The Kier molecular flexibility index (Phi) is 3.95. The molecule has 2 aliphatic heterocycles. The molecule has 4 rings (SSSR count). The third kappa shape index (κ3) is 2.48. The number of benzene rings is 1. The largest absolute Gasteiger partial charge is 0.461 e. The maximum atomic E-state index is 13.2. The molecule has 0 aromatic heterocycles. The number of rotatable bonds is 3. The first-order valence-corrected chi connectivity index (χ1v) is 9.62. The summed E-state index contributed by atoms with van der Waals surface area (Å²) in [4.78, 5) is 13.2. The van der Waals surface area contributed by atoms with Crippen molar-refractivity contribution in [2.75, 3.05) is 14.1 Å². The molecule has 0 radical (unpaired) electrons. The van der Waals surface area contributed by atoms with Gasteiger partial charge in [0.1, 0.15) is 6.10 Å². The predicted octanol–water partition coefficient (Wildman–Crippen LogP) is 3.81. The molecule has 0 N–H and O–H groups in total. The van der Waals surface area contributed by atoms with Crippen LogP contribution in [0, 0.1) is 0 Å². The van der Waals surface area contributed by atoms with Gasteiger partial charge in [0.25, 0.3) is 0 Å². The lowest BCUT2D eigenvalue weighted by molar-refractivity contribution is -0.931. The average molecular weight is 328 g/mol. The van der Waals surface area contributed by atoms with Crippen LogP contribution >= 0.6 is 0 Å². The second-order valence-corrected chi connectivity index (χ2v) is 8.67. The molecule has 3 atom stereocenters. The number of hydrogen-bond acceptors (Lipinski definition) is 2. The second-order valence-electron chi connectivity index (χ2n) is 8.67. The van der Waals surface area contributed by atoms with Gasteiger partial charge in [-0.15, -0.1) is 0 Å². The van der Waals surface area contributed by atoms with E-state index in [0.29, 0.717) is 12.1 Å². The fourth-order valence-electron chi connectivity index (χ4n) is 5.54. The van der Waals surface area contributed by atoms with E-state index >= 15 is 0 Å². The molecule has 1 aliphatic carbocycles. The number of carbonyl (C=O) groups is 1. The van der Waals surface area contributed by atoms with Crippen LogP contribution in [0.3, 0.4) is 0 Å². The summed E-state index contributed by atoms with van der Waals surface area (Å²) in [5.41, 5.74) is 0.768. The van der Waals surface area contributed by atoms with Crippen LogP contribution in [0.2, 0.25) is 0 Å². The molecule has 1 aromatic carbocycles. The van der Waals surface area contributed by atoms with Crippen molar-refractivity contribution in [2.45, 2.75) is 75.0 Å². The summed E-state index contributed by atoms with van der Waals surface area (Å²) in [7, 11) is 4.70. The fraction of sp³-hybridized carbons (Fsp3) is 0.667. The van der Waals surface area contributed by atoms with Gasteiger partial charge < -0.3 is 9.22 Å². The zero-order valence-corrected chi connectivity index (χ0v) is 15.0. The number of nitrogens with zero attached hydrogens (tertiary/aromatic N) is 1. The van der Waals surface area contributed by atoms with Crippen molar-refractivity contribution >= 4 is 5.97 Å². The molecule has 3 fully saturated rings. The normalized spacial score (nSPS) is 33.3. The van der Waals surface area contributed by atoms with Crippen LogP contribution in [0.5, 0.6) is 0 Å². The lowest BCUT2D eigenvalue weighted by Gasteiger charge is -2.44. The molecule has 0 spiro atoms. The summed E-state index contributed by atoms with van der Waals surface area (Å²) in [5, 5.41) is 0. The number of quaternary nitrogens is 1. The average Bonchev–Trinajstić information content (AvgIpc) is 3.09. The Labute approximate surface area is 145 Å². The highest BCUT2D eigenvalue weighted by molar-refractivity contribution is 5.83. The minimum Gasteiger partial charge on any atom is -0.461 e. The van der Waals surface area contributed by atoms with Gasteiger partial charge in [0, 0.05) is 25.7 Å². The zero-order valence-electron chi connectivity index (χ0n) is 15.0. The van der Waals surface area contributed by atoms with Crippen LogP contribution in [-0.4, -0.2) is 42.7 Å². The van der Waals surface area contributed by atoms with Crippen molar-refractivity contribution in [2.24, 2.45) is 0 Å². The SMILES string of the molecule is C[N+]1(C)[C@@H]2CC[C@H]1CC(OC(=O)C1(c3ccccc3)CCCC1)C2. The van der Waals surface area contributed by atoms with Crippen molar-refractivity contribution < 1.29 is 14.0 Å². The number of piperidine rings is 1. The first-order chi connectivity index (χ1) is 11.5. The smallest absolute Gasteiger partial charge is 0.316 e. The molecule has 130 valence electrons.